The highest BCUT2D eigenvalue weighted by Crippen LogP contribution is 2.39. The van der Waals surface area contributed by atoms with Crippen molar-refractivity contribution in [1.29, 1.82) is 0 Å². The average Bonchev–Trinajstić information content (AvgIpc) is 3.79. The number of benzene rings is 2. The van der Waals surface area contributed by atoms with Crippen LogP contribution in [0.25, 0.3) is 11.3 Å². The van der Waals surface area contributed by atoms with Gasteiger partial charge in [-0.2, -0.15) is 5.10 Å². The third-order valence-corrected chi connectivity index (χ3v) is 11.3. The summed E-state index contributed by atoms with van der Waals surface area (Å²) >= 11 is 6.68. The standard InChI is InChI=1S/C41H50ClN9O3/c1-27-9-7-8-18-49(27)40-46-45-37-17-13-30(26-50(37)40)54-35-16-15-34(31-10-5-6-11-32(31)35)43-39(52)44-38-24-36(41(2,3)4)47-51(38)29-12-14-33(42)28(23-29)25-48-19-21-53-22-20-48/h5-6,10-14,17,23-24,26-27,34-35H,7-9,15-16,18-22,25H2,1-4H3,(H2,43,44,52)/t27?,34-,35+/m0/s1. The molecule has 0 bridgehead atoms. The fourth-order valence-electron chi connectivity index (χ4n) is 7.87. The number of nitrogens with zero attached hydrogens (tertiary/aromatic N) is 7. The van der Waals surface area contributed by atoms with E-state index in [1.165, 1.54) is 6.42 Å². The van der Waals surface area contributed by atoms with Gasteiger partial charge in [-0.1, -0.05) is 56.6 Å². The Hall–Kier alpha value is -4.65. The van der Waals surface area contributed by atoms with Crippen LogP contribution in [0, 0.1) is 0 Å². The van der Waals surface area contributed by atoms with Gasteiger partial charge in [-0.3, -0.25) is 14.6 Å². The van der Waals surface area contributed by atoms with Crippen LogP contribution in [0.5, 0.6) is 5.75 Å². The van der Waals surface area contributed by atoms with Crippen LogP contribution in [-0.2, 0) is 16.7 Å². The van der Waals surface area contributed by atoms with Crippen LogP contribution in [0.4, 0.5) is 16.6 Å². The minimum absolute atomic E-state index is 0.166. The van der Waals surface area contributed by atoms with Crippen LogP contribution >= 0.6 is 11.6 Å². The summed E-state index contributed by atoms with van der Waals surface area (Å²) in [6, 6.07) is 20.0. The highest BCUT2D eigenvalue weighted by atomic mass is 35.5. The van der Waals surface area contributed by atoms with Gasteiger partial charge in [-0.25, -0.2) is 9.48 Å². The second-order valence-electron chi connectivity index (χ2n) is 15.8. The van der Waals surface area contributed by atoms with E-state index in [2.05, 4.69) is 76.5 Å². The van der Waals surface area contributed by atoms with E-state index in [9.17, 15) is 4.79 Å². The number of urea groups is 1. The highest BCUT2D eigenvalue weighted by Gasteiger charge is 2.31. The van der Waals surface area contributed by atoms with E-state index in [4.69, 9.17) is 26.2 Å². The second kappa shape index (κ2) is 15.2. The van der Waals surface area contributed by atoms with Crippen molar-refractivity contribution >= 4 is 35.0 Å². The average molecular weight is 752 g/mol. The Bertz CT molecular complexity index is 2120. The molecule has 3 aliphatic rings. The number of aromatic nitrogens is 5. The minimum Gasteiger partial charge on any atom is -0.484 e. The van der Waals surface area contributed by atoms with Crippen molar-refractivity contribution in [2.45, 2.75) is 89.9 Å². The summed E-state index contributed by atoms with van der Waals surface area (Å²) in [6.45, 7) is 13.4. The first-order valence-electron chi connectivity index (χ1n) is 19.2. The van der Waals surface area contributed by atoms with Crippen LogP contribution in [0.3, 0.4) is 0 Å². The molecule has 5 aromatic rings. The van der Waals surface area contributed by atoms with Crippen LogP contribution in [0.2, 0.25) is 5.02 Å². The zero-order valence-corrected chi connectivity index (χ0v) is 32.4. The fourth-order valence-corrected chi connectivity index (χ4v) is 8.04. The zero-order chi connectivity index (χ0) is 37.4. The number of hydrogen-bond acceptors (Lipinski definition) is 8. The monoisotopic (exact) mass is 751 g/mol. The van der Waals surface area contributed by atoms with Gasteiger partial charge in [-0.15, -0.1) is 10.2 Å². The number of rotatable bonds is 8. The lowest BCUT2D eigenvalue weighted by atomic mass is 9.85. The molecule has 0 radical (unpaired) electrons. The van der Waals surface area contributed by atoms with Gasteiger partial charge in [0.1, 0.15) is 17.7 Å². The summed E-state index contributed by atoms with van der Waals surface area (Å²) in [6.07, 6.45) is 6.84. The molecule has 3 aromatic heterocycles. The molecule has 1 aliphatic carbocycles. The number of carbonyl (C=O) groups is 1. The van der Waals surface area contributed by atoms with Crippen LogP contribution in [0.15, 0.2) is 66.9 Å². The van der Waals surface area contributed by atoms with Gasteiger partial charge in [0.15, 0.2) is 5.65 Å². The predicted octanol–water partition coefficient (Wildman–Crippen LogP) is 7.85. The number of hydrogen-bond donors (Lipinski definition) is 2. The number of fused-ring (bicyclic) bond motifs is 2. The molecule has 54 heavy (non-hydrogen) atoms. The molecule has 2 N–H and O–H groups in total. The van der Waals surface area contributed by atoms with E-state index in [0.29, 0.717) is 36.6 Å². The van der Waals surface area contributed by atoms with Gasteiger partial charge in [0.25, 0.3) is 0 Å². The molecule has 0 saturated carbocycles. The summed E-state index contributed by atoms with van der Waals surface area (Å²) in [4.78, 5) is 18.5. The number of anilines is 2. The molecule has 2 aromatic carbocycles. The number of carbonyl (C=O) groups excluding carboxylic acids is 1. The van der Waals surface area contributed by atoms with Gasteiger partial charge in [0, 0.05) is 48.7 Å². The Morgan fingerprint density at radius 1 is 0.963 bits per heavy atom. The molecule has 0 spiro atoms. The molecule has 2 amide bonds. The molecule has 12 nitrogen and oxygen atoms in total. The molecule has 3 atom stereocenters. The van der Waals surface area contributed by atoms with Crippen molar-refractivity contribution < 1.29 is 14.3 Å². The predicted molar refractivity (Wildman–Crippen MR) is 211 cm³/mol. The molecular formula is C41H50ClN9O3. The molecule has 2 aliphatic heterocycles. The van der Waals surface area contributed by atoms with E-state index in [0.717, 1.165) is 90.7 Å². The number of pyridine rings is 1. The second-order valence-corrected chi connectivity index (χ2v) is 16.2. The maximum Gasteiger partial charge on any atom is 0.320 e. The smallest absolute Gasteiger partial charge is 0.320 e. The van der Waals surface area contributed by atoms with Crippen molar-refractivity contribution in [3.8, 4) is 11.4 Å². The molecule has 284 valence electrons. The molecule has 8 rings (SSSR count). The topological polar surface area (TPSA) is 114 Å². The summed E-state index contributed by atoms with van der Waals surface area (Å²) in [5.74, 6) is 2.21. The Morgan fingerprint density at radius 2 is 1.78 bits per heavy atom. The zero-order valence-electron chi connectivity index (χ0n) is 31.6. The first kappa shape index (κ1) is 36.3. The minimum atomic E-state index is -0.296. The molecule has 2 fully saturated rings. The summed E-state index contributed by atoms with van der Waals surface area (Å²) < 4.78 is 16.1. The summed E-state index contributed by atoms with van der Waals surface area (Å²) in [7, 11) is 0. The van der Waals surface area contributed by atoms with E-state index in [-0.39, 0.29) is 23.6 Å². The quantitative estimate of drug-likeness (QED) is 0.165. The molecule has 1 unspecified atom stereocenters. The fraction of sp³-hybridized carbons (Fsp3) is 0.463. The summed E-state index contributed by atoms with van der Waals surface area (Å²) in [5.41, 5.74) is 5.39. The van der Waals surface area contributed by atoms with Crippen molar-refractivity contribution in [1.82, 2.24) is 34.6 Å². The maximum atomic E-state index is 13.8. The van der Waals surface area contributed by atoms with Gasteiger partial charge in [0.2, 0.25) is 5.95 Å². The van der Waals surface area contributed by atoms with E-state index < -0.39 is 0 Å². The Balaban J connectivity index is 0.995. The number of morpholine rings is 1. The SMILES string of the molecule is CC1CCCCN1c1nnc2ccc(O[C@@H]3CC[C@H](NC(=O)Nc4cc(C(C)(C)C)nn4-c4ccc(Cl)c(CN5CCOCC5)c4)c4ccccc43)cn12. The van der Waals surface area contributed by atoms with Crippen LogP contribution < -0.4 is 20.3 Å². The van der Waals surface area contributed by atoms with Crippen LogP contribution in [0.1, 0.15) is 94.3 Å². The summed E-state index contributed by atoms with van der Waals surface area (Å²) in [5, 5.41) is 21.1. The van der Waals surface area contributed by atoms with Gasteiger partial charge in [0.05, 0.1) is 36.8 Å². The number of ether oxygens (including phenoxy) is 2. The number of halogens is 1. The molecule has 5 heterocycles. The third-order valence-electron chi connectivity index (χ3n) is 10.9. The third kappa shape index (κ3) is 7.65. The van der Waals surface area contributed by atoms with Crippen molar-refractivity contribution in [2.75, 3.05) is 43.1 Å². The van der Waals surface area contributed by atoms with E-state index >= 15 is 0 Å². The number of nitrogens with one attached hydrogen (secondary N) is 2. The molecule has 2 saturated heterocycles. The van der Waals surface area contributed by atoms with Gasteiger partial charge >= 0.3 is 6.03 Å². The molecular weight excluding hydrogens is 702 g/mol. The van der Waals surface area contributed by atoms with Gasteiger partial charge < -0.3 is 19.7 Å². The Kier molecular flexibility index (Phi) is 10.3. The molecule has 13 heteroatoms. The lowest BCUT2D eigenvalue weighted by Crippen LogP contribution is -2.38. The first-order valence-corrected chi connectivity index (χ1v) is 19.6. The van der Waals surface area contributed by atoms with Crippen LogP contribution in [-0.4, -0.2) is 74.2 Å². The van der Waals surface area contributed by atoms with Crippen molar-refractivity contribution in [3.63, 3.8) is 0 Å². The largest absolute Gasteiger partial charge is 0.484 e. The number of piperidine rings is 1. The maximum absolute atomic E-state index is 13.8. The van der Waals surface area contributed by atoms with Gasteiger partial charge in [-0.05, 0) is 86.1 Å². The van der Waals surface area contributed by atoms with E-state index in [1.807, 2.05) is 57.7 Å². The van der Waals surface area contributed by atoms with Crippen molar-refractivity contribution in [2.24, 2.45) is 0 Å². The first-order chi connectivity index (χ1) is 26.1. The Morgan fingerprint density at radius 3 is 2.57 bits per heavy atom. The Labute approximate surface area is 321 Å². The van der Waals surface area contributed by atoms with E-state index in [1.54, 1.807) is 0 Å². The highest BCUT2D eigenvalue weighted by molar-refractivity contribution is 6.31. The normalized spacial score (nSPS) is 20.8. The lowest BCUT2D eigenvalue weighted by molar-refractivity contribution is 0.0342. The van der Waals surface area contributed by atoms with Crippen molar-refractivity contribution in [3.05, 3.63) is 94.3 Å². The number of amides is 2. The lowest BCUT2D eigenvalue weighted by Gasteiger charge is -2.33.